The molecular weight excluding hydrogens is 206 g/mol. The van der Waals surface area contributed by atoms with Gasteiger partial charge < -0.3 is 9.73 Å². The van der Waals surface area contributed by atoms with Crippen LogP contribution in [0.5, 0.6) is 0 Å². The molecule has 80 valence electrons. The van der Waals surface area contributed by atoms with Crippen LogP contribution in [0, 0.1) is 0 Å². The van der Waals surface area contributed by atoms with Crippen molar-refractivity contribution < 1.29 is 12.8 Å². The summed E-state index contributed by atoms with van der Waals surface area (Å²) < 4.78 is 26.9. The van der Waals surface area contributed by atoms with Gasteiger partial charge in [-0.3, -0.25) is 0 Å². The molecule has 0 unspecified atom stereocenters. The standard InChI is InChI=1S/C7H13N3O3S/c1-8-4-3-6-9-10-7(13-6)5-14(2,11)12/h8H,3-5H2,1-2H3. The molecule has 0 saturated heterocycles. The summed E-state index contributed by atoms with van der Waals surface area (Å²) in [4.78, 5) is 0. The van der Waals surface area contributed by atoms with Crippen LogP contribution in [0.15, 0.2) is 4.42 Å². The van der Waals surface area contributed by atoms with Crippen molar-refractivity contribution >= 4 is 9.84 Å². The summed E-state index contributed by atoms with van der Waals surface area (Å²) in [5, 5.41) is 10.3. The zero-order valence-electron chi connectivity index (χ0n) is 8.15. The summed E-state index contributed by atoms with van der Waals surface area (Å²) in [7, 11) is -1.28. The van der Waals surface area contributed by atoms with E-state index in [2.05, 4.69) is 15.5 Å². The lowest BCUT2D eigenvalue weighted by Gasteiger charge is -1.92. The summed E-state index contributed by atoms with van der Waals surface area (Å²) >= 11 is 0. The number of rotatable bonds is 5. The fraction of sp³-hybridized carbons (Fsp3) is 0.714. The van der Waals surface area contributed by atoms with Crippen LogP contribution in [0.2, 0.25) is 0 Å². The van der Waals surface area contributed by atoms with Crippen LogP contribution in [-0.4, -0.2) is 38.5 Å². The molecule has 1 aromatic rings. The zero-order chi connectivity index (χ0) is 10.6. The third-order valence-electron chi connectivity index (χ3n) is 1.48. The summed E-state index contributed by atoms with van der Waals surface area (Å²) in [5.41, 5.74) is 0. The number of sulfone groups is 1. The second-order valence-electron chi connectivity index (χ2n) is 3.01. The summed E-state index contributed by atoms with van der Waals surface area (Å²) in [6.07, 6.45) is 1.73. The molecule has 1 heterocycles. The van der Waals surface area contributed by atoms with E-state index in [1.165, 1.54) is 0 Å². The molecule has 14 heavy (non-hydrogen) atoms. The van der Waals surface area contributed by atoms with E-state index in [0.29, 0.717) is 12.3 Å². The molecule has 0 aliphatic rings. The van der Waals surface area contributed by atoms with Gasteiger partial charge in [-0.15, -0.1) is 10.2 Å². The number of nitrogens with zero attached hydrogens (tertiary/aromatic N) is 2. The van der Waals surface area contributed by atoms with Crippen LogP contribution >= 0.6 is 0 Å². The molecule has 0 amide bonds. The van der Waals surface area contributed by atoms with E-state index in [9.17, 15) is 8.42 Å². The van der Waals surface area contributed by atoms with Gasteiger partial charge in [0.15, 0.2) is 9.84 Å². The topological polar surface area (TPSA) is 85.1 Å². The van der Waals surface area contributed by atoms with E-state index in [1.54, 1.807) is 0 Å². The van der Waals surface area contributed by atoms with Crippen molar-refractivity contribution in [2.45, 2.75) is 12.2 Å². The van der Waals surface area contributed by atoms with Crippen molar-refractivity contribution in [1.29, 1.82) is 0 Å². The smallest absolute Gasteiger partial charge is 0.231 e. The summed E-state index contributed by atoms with van der Waals surface area (Å²) in [6.45, 7) is 0.723. The van der Waals surface area contributed by atoms with Crippen molar-refractivity contribution in [3.63, 3.8) is 0 Å². The van der Waals surface area contributed by atoms with E-state index in [-0.39, 0.29) is 11.6 Å². The zero-order valence-corrected chi connectivity index (χ0v) is 8.97. The van der Waals surface area contributed by atoms with Crippen molar-refractivity contribution in [3.05, 3.63) is 11.8 Å². The molecule has 0 radical (unpaired) electrons. The lowest BCUT2D eigenvalue weighted by Crippen LogP contribution is -2.10. The van der Waals surface area contributed by atoms with E-state index in [4.69, 9.17) is 4.42 Å². The molecule has 1 rings (SSSR count). The first-order valence-corrected chi connectivity index (χ1v) is 6.21. The van der Waals surface area contributed by atoms with Gasteiger partial charge in [-0.25, -0.2) is 8.42 Å². The Labute approximate surface area is 82.6 Å². The van der Waals surface area contributed by atoms with E-state index in [1.807, 2.05) is 7.05 Å². The molecule has 7 heteroatoms. The van der Waals surface area contributed by atoms with Gasteiger partial charge in [-0.05, 0) is 7.05 Å². The predicted molar refractivity (Wildman–Crippen MR) is 50.5 cm³/mol. The first-order chi connectivity index (χ1) is 6.51. The normalized spacial score (nSPS) is 11.9. The molecule has 0 bridgehead atoms. The molecule has 0 fully saturated rings. The average Bonchev–Trinajstić information content (AvgIpc) is 2.46. The third-order valence-corrected chi connectivity index (χ3v) is 2.25. The Bertz CT molecular complexity index is 385. The van der Waals surface area contributed by atoms with Gasteiger partial charge in [-0.1, -0.05) is 0 Å². The fourth-order valence-corrected chi connectivity index (χ4v) is 1.47. The highest BCUT2D eigenvalue weighted by atomic mass is 32.2. The van der Waals surface area contributed by atoms with Gasteiger partial charge >= 0.3 is 0 Å². The second kappa shape index (κ2) is 4.52. The Morgan fingerprint density at radius 2 is 2.00 bits per heavy atom. The third kappa shape index (κ3) is 3.84. The van der Waals surface area contributed by atoms with E-state index in [0.717, 1.165) is 12.8 Å². The minimum atomic E-state index is -3.10. The van der Waals surface area contributed by atoms with Crippen molar-refractivity contribution in [1.82, 2.24) is 15.5 Å². The highest BCUT2D eigenvalue weighted by molar-refractivity contribution is 7.89. The molecule has 0 saturated carbocycles. The highest BCUT2D eigenvalue weighted by Crippen LogP contribution is 2.04. The maximum atomic E-state index is 10.9. The molecule has 0 aliphatic heterocycles. The molecule has 0 atom stereocenters. The van der Waals surface area contributed by atoms with Crippen LogP contribution in [0.1, 0.15) is 11.8 Å². The average molecular weight is 219 g/mol. The minimum absolute atomic E-state index is 0.151. The SMILES string of the molecule is CNCCc1nnc(CS(C)(=O)=O)o1. The number of likely N-dealkylation sites (N-methyl/N-ethyl adjacent to an activating group) is 1. The Morgan fingerprint density at radius 1 is 1.36 bits per heavy atom. The van der Waals surface area contributed by atoms with Crippen LogP contribution < -0.4 is 5.32 Å². The van der Waals surface area contributed by atoms with Crippen LogP contribution in [0.4, 0.5) is 0 Å². The molecule has 0 aliphatic carbocycles. The van der Waals surface area contributed by atoms with Gasteiger partial charge in [0, 0.05) is 19.2 Å². The van der Waals surface area contributed by atoms with Crippen molar-refractivity contribution in [2.75, 3.05) is 19.8 Å². The molecule has 6 nitrogen and oxygen atoms in total. The first-order valence-electron chi connectivity index (χ1n) is 4.15. The summed E-state index contributed by atoms with van der Waals surface area (Å²) in [5.74, 6) is 0.413. The van der Waals surface area contributed by atoms with Crippen LogP contribution in [0.25, 0.3) is 0 Å². The van der Waals surface area contributed by atoms with Gasteiger partial charge in [0.25, 0.3) is 0 Å². The Hall–Kier alpha value is -0.950. The minimum Gasteiger partial charge on any atom is -0.424 e. The largest absolute Gasteiger partial charge is 0.424 e. The quantitative estimate of drug-likeness (QED) is 0.710. The van der Waals surface area contributed by atoms with Crippen LogP contribution in [0.3, 0.4) is 0 Å². The van der Waals surface area contributed by atoms with E-state index < -0.39 is 9.84 Å². The highest BCUT2D eigenvalue weighted by Gasteiger charge is 2.11. The number of hydrogen-bond acceptors (Lipinski definition) is 6. The van der Waals surface area contributed by atoms with Gasteiger partial charge in [0.1, 0.15) is 5.75 Å². The van der Waals surface area contributed by atoms with Gasteiger partial charge in [-0.2, -0.15) is 0 Å². The Morgan fingerprint density at radius 3 is 2.57 bits per heavy atom. The lowest BCUT2D eigenvalue weighted by atomic mass is 10.4. The molecule has 0 aromatic carbocycles. The lowest BCUT2D eigenvalue weighted by molar-refractivity contribution is 0.457. The molecule has 1 aromatic heterocycles. The van der Waals surface area contributed by atoms with E-state index >= 15 is 0 Å². The van der Waals surface area contributed by atoms with Crippen LogP contribution in [-0.2, 0) is 22.0 Å². The number of nitrogens with one attached hydrogen (secondary N) is 1. The summed E-state index contributed by atoms with van der Waals surface area (Å²) in [6, 6.07) is 0. The first kappa shape index (κ1) is 11.1. The number of hydrogen-bond donors (Lipinski definition) is 1. The second-order valence-corrected chi connectivity index (χ2v) is 5.15. The van der Waals surface area contributed by atoms with Crippen molar-refractivity contribution in [2.24, 2.45) is 0 Å². The fourth-order valence-electron chi connectivity index (χ4n) is 0.904. The monoisotopic (exact) mass is 219 g/mol. The van der Waals surface area contributed by atoms with Gasteiger partial charge in [0.05, 0.1) is 0 Å². The van der Waals surface area contributed by atoms with Crippen molar-refractivity contribution in [3.8, 4) is 0 Å². The predicted octanol–water partition coefficient (Wildman–Crippen LogP) is -0.624. The molecular formula is C7H13N3O3S. The molecule has 1 N–H and O–H groups in total. The molecule has 0 spiro atoms. The number of aromatic nitrogens is 2. The maximum absolute atomic E-state index is 10.9. The maximum Gasteiger partial charge on any atom is 0.231 e. The Balaban J connectivity index is 2.59. The Kier molecular flexibility index (Phi) is 3.59. The van der Waals surface area contributed by atoms with Gasteiger partial charge in [0.2, 0.25) is 11.8 Å².